The second-order valence-corrected chi connectivity index (χ2v) is 7.73. The summed E-state index contributed by atoms with van der Waals surface area (Å²) in [6.45, 7) is 7.09. The number of aromatic nitrogens is 2. The van der Waals surface area contributed by atoms with Crippen molar-refractivity contribution in [1.29, 1.82) is 0 Å². The predicted octanol–water partition coefficient (Wildman–Crippen LogP) is 4.85. The fourth-order valence-corrected chi connectivity index (χ4v) is 3.46. The number of anilines is 2. The molecule has 1 saturated carbocycles. The molecular formula is C22H25ClN4O2. The summed E-state index contributed by atoms with van der Waals surface area (Å²) in [5.41, 5.74) is 2.35. The molecule has 0 unspecified atom stereocenters. The van der Waals surface area contributed by atoms with E-state index in [-0.39, 0.29) is 22.4 Å². The minimum absolute atomic E-state index is 0.0680. The summed E-state index contributed by atoms with van der Waals surface area (Å²) in [7, 11) is 1.80. The van der Waals surface area contributed by atoms with Crippen molar-refractivity contribution >= 4 is 34.9 Å². The van der Waals surface area contributed by atoms with Gasteiger partial charge in [-0.1, -0.05) is 56.2 Å². The number of rotatable bonds is 6. The standard InChI is InChI=1S/C22H25ClN4O2/c1-14(15(2)23)21(28)24-18-11-9-16(10-12-18)19-13-20(27(3)26-19)25-22(29)17-7-5-4-6-8-17/h9-13,17H,1-2,4-8H2,3H3,(H,24,28)(H,25,29). The lowest BCUT2D eigenvalue weighted by molar-refractivity contribution is -0.120. The maximum Gasteiger partial charge on any atom is 0.256 e. The Labute approximate surface area is 175 Å². The number of benzene rings is 1. The van der Waals surface area contributed by atoms with Crippen molar-refractivity contribution in [1.82, 2.24) is 9.78 Å². The van der Waals surface area contributed by atoms with Crippen LogP contribution in [-0.4, -0.2) is 21.6 Å². The Morgan fingerprint density at radius 3 is 2.38 bits per heavy atom. The van der Waals surface area contributed by atoms with Gasteiger partial charge >= 0.3 is 0 Å². The van der Waals surface area contributed by atoms with Crippen LogP contribution >= 0.6 is 11.6 Å². The highest BCUT2D eigenvalue weighted by Crippen LogP contribution is 2.27. The number of halogens is 1. The quantitative estimate of drug-likeness (QED) is 0.525. The van der Waals surface area contributed by atoms with Crippen molar-refractivity contribution < 1.29 is 9.59 Å². The van der Waals surface area contributed by atoms with Gasteiger partial charge in [-0.15, -0.1) is 0 Å². The Morgan fingerprint density at radius 2 is 1.76 bits per heavy atom. The first-order valence-corrected chi connectivity index (χ1v) is 10.0. The summed E-state index contributed by atoms with van der Waals surface area (Å²) in [5.74, 6) is 0.426. The number of carbonyl (C=O) groups is 2. The topological polar surface area (TPSA) is 76.0 Å². The molecule has 1 aromatic carbocycles. The zero-order valence-electron chi connectivity index (χ0n) is 16.5. The molecule has 0 saturated heterocycles. The van der Waals surface area contributed by atoms with E-state index in [0.29, 0.717) is 11.5 Å². The SMILES string of the molecule is C=C(Cl)C(=C)C(=O)Nc1ccc(-c2cc(NC(=O)C3CCCCC3)n(C)n2)cc1. The van der Waals surface area contributed by atoms with Crippen LogP contribution in [0.5, 0.6) is 0 Å². The summed E-state index contributed by atoms with van der Waals surface area (Å²) < 4.78 is 1.67. The van der Waals surface area contributed by atoms with Crippen LogP contribution in [0.15, 0.2) is 54.1 Å². The highest BCUT2D eigenvalue weighted by molar-refractivity contribution is 6.35. The maximum atomic E-state index is 12.5. The van der Waals surface area contributed by atoms with E-state index >= 15 is 0 Å². The van der Waals surface area contributed by atoms with Crippen molar-refractivity contribution in [2.24, 2.45) is 13.0 Å². The third-order valence-corrected chi connectivity index (χ3v) is 5.38. The van der Waals surface area contributed by atoms with E-state index in [1.54, 1.807) is 23.9 Å². The van der Waals surface area contributed by atoms with Crippen LogP contribution in [0.3, 0.4) is 0 Å². The van der Waals surface area contributed by atoms with Crippen molar-refractivity contribution in [3.8, 4) is 11.3 Å². The number of aryl methyl sites for hydroxylation is 1. The second-order valence-electron chi connectivity index (χ2n) is 7.28. The molecule has 1 aliphatic rings. The smallest absolute Gasteiger partial charge is 0.256 e. The second kappa shape index (κ2) is 9.09. The Bertz CT molecular complexity index is 940. The monoisotopic (exact) mass is 412 g/mol. The van der Waals surface area contributed by atoms with Crippen LogP contribution in [0.2, 0.25) is 0 Å². The lowest BCUT2D eigenvalue weighted by Gasteiger charge is -2.20. The van der Waals surface area contributed by atoms with E-state index < -0.39 is 5.91 Å². The molecule has 1 fully saturated rings. The summed E-state index contributed by atoms with van der Waals surface area (Å²) in [4.78, 5) is 24.5. The molecule has 6 nitrogen and oxygen atoms in total. The van der Waals surface area contributed by atoms with Crippen LogP contribution < -0.4 is 10.6 Å². The van der Waals surface area contributed by atoms with Gasteiger partial charge in [0.25, 0.3) is 5.91 Å². The molecule has 0 aliphatic heterocycles. The molecule has 1 aliphatic carbocycles. The Balaban J connectivity index is 1.67. The summed E-state index contributed by atoms with van der Waals surface area (Å²) in [5, 5.41) is 10.3. The fraction of sp³-hybridized carbons (Fsp3) is 0.318. The van der Waals surface area contributed by atoms with E-state index in [1.807, 2.05) is 18.2 Å². The average Bonchev–Trinajstić information content (AvgIpc) is 3.08. The van der Waals surface area contributed by atoms with Gasteiger partial charge in [-0.25, -0.2) is 0 Å². The third kappa shape index (κ3) is 5.15. The molecule has 2 N–H and O–H groups in total. The molecule has 1 aromatic heterocycles. The van der Waals surface area contributed by atoms with Crippen LogP contribution in [0.25, 0.3) is 11.3 Å². The van der Waals surface area contributed by atoms with Crippen LogP contribution in [0.4, 0.5) is 11.5 Å². The average molecular weight is 413 g/mol. The van der Waals surface area contributed by atoms with Gasteiger partial charge < -0.3 is 10.6 Å². The minimum Gasteiger partial charge on any atom is -0.322 e. The van der Waals surface area contributed by atoms with Crippen molar-refractivity contribution in [2.75, 3.05) is 10.6 Å². The first-order valence-electron chi connectivity index (χ1n) is 9.65. The van der Waals surface area contributed by atoms with Gasteiger partial charge in [0, 0.05) is 35.3 Å². The molecule has 0 atom stereocenters. The van der Waals surface area contributed by atoms with Crippen molar-refractivity contribution in [2.45, 2.75) is 32.1 Å². The van der Waals surface area contributed by atoms with Crippen LogP contribution in [0, 0.1) is 5.92 Å². The zero-order chi connectivity index (χ0) is 21.0. The maximum absolute atomic E-state index is 12.5. The number of nitrogens with one attached hydrogen (secondary N) is 2. The van der Waals surface area contributed by atoms with E-state index in [0.717, 1.165) is 36.9 Å². The van der Waals surface area contributed by atoms with Gasteiger partial charge in [-0.05, 0) is 25.0 Å². The highest BCUT2D eigenvalue weighted by atomic mass is 35.5. The van der Waals surface area contributed by atoms with Gasteiger partial charge in [0.15, 0.2) is 0 Å². The van der Waals surface area contributed by atoms with Gasteiger partial charge in [-0.3, -0.25) is 14.3 Å². The molecule has 2 amide bonds. The Morgan fingerprint density at radius 1 is 1.10 bits per heavy atom. The molecule has 3 rings (SSSR count). The molecule has 7 heteroatoms. The van der Waals surface area contributed by atoms with Gasteiger partial charge in [0.05, 0.1) is 11.3 Å². The molecular weight excluding hydrogens is 388 g/mol. The molecule has 0 bridgehead atoms. The lowest BCUT2D eigenvalue weighted by atomic mass is 9.89. The first kappa shape index (κ1) is 20.9. The van der Waals surface area contributed by atoms with Crippen molar-refractivity contribution in [3.63, 3.8) is 0 Å². The Kier molecular flexibility index (Phi) is 6.54. The van der Waals surface area contributed by atoms with Gasteiger partial charge in [0.1, 0.15) is 5.82 Å². The summed E-state index contributed by atoms with van der Waals surface area (Å²) in [6, 6.07) is 9.10. The molecule has 0 radical (unpaired) electrons. The Hall–Kier alpha value is -2.86. The molecule has 1 heterocycles. The van der Waals surface area contributed by atoms with Crippen LogP contribution in [-0.2, 0) is 16.6 Å². The molecule has 2 aromatic rings. The van der Waals surface area contributed by atoms with E-state index in [2.05, 4.69) is 28.9 Å². The first-order chi connectivity index (χ1) is 13.8. The zero-order valence-corrected chi connectivity index (χ0v) is 17.3. The highest BCUT2D eigenvalue weighted by Gasteiger charge is 2.22. The largest absolute Gasteiger partial charge is 0.322 e. The normalized spacial score (nSPS) is 14.3. The summed E-state index contributed by atoms with van der Waals surface area (Å²) in [6.07, 6.45) is 5.35. The van der Waals surface area contributed by atoms with E-state index in [9.17, 15) is 9.59 Å². The van der Waals surface area contributed by atoms with Gasteiger partial charge in [-0.2, -0.15) is 5.10 Å². The molecule has 29 heavy (non-hydrogen) atoms. The van der Waals surface area contributed by atoms with E-state index in [4.69, 9.17) is 11.6 Å². The summed E-state index contributed by atoms with van der Waals surface area (Å²) >= 11 is 5.70. The van der Waals surface area contributed by atoms with Gasteiger partial charge in [0.2, 0.25) is 5.91 Å². The number of hydrogen-bond donors (Lipinski definition) is 2. The minimum atomic E-state index is -0.400. The number of carbonyl (C=O) groups excluding carboxylic acids is 2. The molecule has 0 spiro atoms. The van der Waals surface area contributed by atoms with Crippen LogP contribution in [0.1, 0.15) is 32.1 Å². The van der Waals surface area contributed by atoms with Crippen molar-refractivity contribution in [3.05, 3.63) is 54.1 Å². The number of hydrogen-bond acceptors (Lipinski definition) is 3. The number of amides is 2. The number of nitrogens with zero attached hydrogens (tertiary/aromatic N) is 2. The molecule has 152 valence electrons. The lowest BCUT2D eigenvalue weighted by Crippen LogP contribution is -2.25. The predicted molar refractivity (Wildman–Crippen MR) is 117 cm³/mol. The third-order valence-electron chi connectivity index (χ3n) is 5.15. The fourth-order valence-electron chi connectivity index (χ4n) is 3.37. The van der Waals surface area contributed by atoms with E-state index in [1.165, 1.54) is 6.42 Å².